The highest BCUT2D eigenvalue weighted by molar-refractivity contribution is 6.17. The number of halogens is 4. The van der Waals surface area contributed by atoms with Gasteiger partial charge in [-0.1, -0.05) is 13.0 Å². The lowest BCUT2D eigenvalue weighted by atomic mass is 9.97. The van der Waals surface area contributed by atoms with E-state index in [-0.39, 0.29) is 11.9 Å². The minimum atomic E-state index is -4.34. The first-order chi connectivity index (χ1) is 9.47. The maximum absolute atomic E-state index is 13.3. The Balaban J connectivity index is 2.44. The van der Waals surface area contributed by atoms with Crippen LogP contribution >= 0.6 is 11.6 Å². The number of hydrogen-bond acceptors (Lipinski definition) is 1. The van der Waals surface area contributed by atoms with Gasteiger partial charge in [-0.25, -0.2) is 0 Å². The first-order valence-electron chi connectivity index (χ1n) is 7.00. The average Bonchev–Trinajstić information content (AvgIpc) is 2.45. The molecule has 0 radical (unpaired) electrons. The third-order valence-corrected chi connectivity index (χ3v) is 4.24. The van der Waals surface area contributed by atoms with Crippen molar-refractivity contribution < 1.29 is 13.2 Å². The van der Waals surface area contributed by atoms with E-state index in [1.54, 1.807) is 12.1 Å². The van der Waals surface area contributed by atoms with Crippen molar-refractivity contribution in [1.82, 2.24) is 0 Å². The van der Waals surface area contributed by atoms with Crippen molar-refractivity contribution in [2.45, 2.75) is 50.7 Å². The highest BCUT2D eigenvalue weighted by atomic mass is 35.5. The van der Waals surface area contributed by atoms with E-state index in [1.165, 1.54) is 6.07 Å². The summed E-state index contributed by atoms with van der Waals surface area (Å²) in [5, 5.41) is 0. The summed E-state index contributed by atoms with van der Waals surface area (Å²) in [4.78, 5) is 1.92. The van der Waals surface area contributed by atoms with Crippen molar-refractivity contribution in [3.05, 3.63) is 29.3 Å². The molecule has 0 amide bonds. The van der Waals surface area contributed by atoms with E-state index in [2.05, 4.69) is 0 Å². The second-order valence-corrected chi connectivity index (χ2v) is 5.50. The van der Waals surface area contributed by atoms with Crippen molar-refractivity contribution in [2.75, 3.05) is 11.4 Å². The summed E-state index contributed by atoms with van der Waals surface area (Å²) in [7, 11) is 0. The van der Waals surface area contributed by atoms with Crippen molar-refractivity contribution in [3.8, 4) is 0 Å². The van der Waals surface area contributed by atoms with Gasteiger partial charge in [0.2, 0.25) is 0 Å². The first-order valence-corrected chi connectivity index (χ1v) is 7.53. The molecule has 0 saturated carbocycles. The zero-order valence-corrected chi connectivity index (χ0v) is 12.3. The Morgan fingerprint density at radius 2 is 2.05 bits per heavy atom. The molecular formula is C15H19ClF3N. The molecule has 5 heteroatoms. The minimum absolute atomic E-state index is 0.0978. The van der Waals surface area contributed by atoms with Crippen LogP contribution < -0.4 is 4.90 Å². The van der Waals surface area contributed by atoms with Crippen LogP contribution in [-0.4, -0.2) is 12.6 Å². The van der Waals surface area contributed by atoms with Crippen molar-refractivity contribution in [3.63, 3.8) is 0 Å². The van der Waals surface area contributed by atoms with Gasteiger partial charge in [0.1, 0.15) is 0 Å². The van der Waals surface area contributed by atoms with Crippen molar-refractivity contribution >= 4 is 17.3 Å². The Bertz CT molecular complexity index is 459. The molecule has 0 bridgehead atoms. The van der Waals surface area contributed by atoms with Crippen molar-refractivity contribution in [2.24, 2.45) is 0 Å². The molecule has 1 fully saturated rings. The number of nitrogens with zero attached hydrogens (tertiary/aromatic N) is 1. The Morgan fingerprint density at radius 1 is 1.30 bits per heavy atom. The van der Waals surface area contributed by atoms with Gasteiger partial charge >= 0.3 is 6.18 Å². The third kappa shape index (κ3) is 3.22. The van der Waals surface area contributed by atoms with Gasteiger partial charge in [0.05, 0.1) is 5.56 Å². The average molecular weight is 306 g/mol. The lowest BCUT2D eigenvalue weighted by Crippen LogP contribution is -2.40. The maximum Gasteiger partial charge on any atom is 0.418 e. The molecule has 1 aromatic carbocycles. The van der Waals surface area contributed by atoms with Crippen LogP contribution in [0.2, 0.25) is 0 Å². The third-order valence-electron chi connectivity index (χ3n) is 3.93. The van der Waals surface area contributed by atoms with Crippen LogP contribution in [0.15, 0.2) is 18.2 Å². The molecule has 1 heterocycles. The Morgan fingerprint density at radius 3 is 2.65 bits per heavy atom. The summed E-state index contributed by atoms with van der Waals surface area (Å²) in [6.45, 7) is 2.73. The zero-order valence-electron chi connectivity index (χ0n) is 11.5. The summed E-state index contributed by atoms with van der Waals surface area (Å²) >= 11 is 5.66. The summed E-state index contributed by atoms with van der Waals surface area (Å²) in [6, 6.07) is 4.66. The molecule has 1 saturated heterocycles. The van der Waals surface area contributed by atoms with Crippen LogP contribution in [0.5, 0.6) is 0 Å². The Hall–Kier alpha value is -0.900. The van der Waals surface area contributed by atoms with Gasteiger partial charge in [-0.3, -0.25) is 0 Å². The van der Waals surface area contributed by atoms with E-state index in [0.29, 0.717) is 17.8 Å². The summed E-state index contributed by atoms with van der Waals surface area (Å²) < 4.78 is 39.8. The van der Waals surface area contributed by atoms with E-state index < -0.39 is 11.7 Å². The smallest absolute Gasteiger partial charge is 0.368 e. The van der Waals surface area contributed by atoms with Gasteiger partial charge in [-0.2, -0.15) is 13.2 Å². The van der Waals surface area contributed by atoms with Crippen LogP contribution in [-0.2, 0) is 12.1 Å². The number of alkyl halides is 4. The topological polar surface area (TPSA) is 3.24 Å². The molecule has 2 rings (SSSR count). The predicted octanol–water partition coefficient (Wildman–Crippen LogP) is 5.21. The quantitative estimate of drug-likeness (QED) is 0.693. The monoisotopic (exact) mass is 305 g/mol. The van der Waals surface area contributed by atoms with Crippen molar-refractivity contribution in [1.29, 1.82) is 0 Å². The van der Waals surface area contributed by atoms with E-state index in [4.69, 9.17) is 11.6 Å². The van der Waals surface area contributed by atoms with Gasteiger partial charge in [0.25, 0.3) is 0 Å². The molecule has 0 aromatic heterocycles. The van der Waals surface area contributed by atoms with Gasteiger partial charge in [0.15, 0.2) is 0 Å². The minimum Gasteiger partial charge on any atom is -0.368 e. The molecule has 0 N–H and O–H groups in total. The van der Waals surface area contributed by atoms with E-state index in [9.17, 15) is 13.2 Å². The van der Waals surface area contributed by atoms with E-state index in [1.807, 2.05) is 11.8 Å². The number of benzene rings is 1. The highest BCUT2D eigenvalue weighted by Gasteiger charge is 2.36. The Labute approximate surface area is 122 Å². The second kappa shape index (κ2) is 6.25. The van der Waals surface area contributed by atoms with Gasteiger partial charge in [-0.05, 0) is 43.4 Å². The largest absolute Gasteiger partial charge is 0.418 e. The molecule has 1 unspecified atom stereocenters. The SMILES string of the molecule is CCC1CCCCN1c1ccc(CCl)cc1C(F)(F)F. The molecule has 0 spiro atoms. The summed E-state index contributed by atoms with van der Waals surface area (Å²) in [6.07, 6.45) is -0.464. The first kappa shape index (κ1) is 15.5. The standard InChI is InChI=1S/C15H19ClF3N/c1-2-12-5-3-4-8-20(12)14-7-6-11(10-16)9-13(14)15(17,18)19/h6-7,9,12H,2-5,8,10H2,1H3. The van der Waals surface area contributed by atoms with E-state index >= 15 is 0 Å². The lowest BCUT2D eigenvalue weighted by molar-refractivity contribution is -0.137. The zero-order chi connectivity index (χ0) is 14.8. The second-order valence-electron chi connectivity index (χ2n) is 5.23. The molecule has 0 aliphatic carbocycles. The number of rotatable bonds is 3. The number of hydrogen-bond donors (Lipinski definition) is 0. The molecule has 20 heavy (non-hydrogen) atoms. The molecule has 1 aliphatic heterocycles. The number of piperidine rings is 1. The van der Waals surface area contributed by atoms with Gasteiger partial charge < -0.3 is 4.90 Å². The fourth-order valence-electron chi connectivity index (χ4n) is 2.89. The molecule has 1 aliphatic rings. The van der Waals surface area contributed by atoms with E-state index in [0.717, 1.165) is 25.7 Å². The normalized spacial score (nSPS) is 20.2. The summed E-state index contributed by atoms with van der Waals surface area (Å²) in [5.41, 5.74) is 0.252. The van der Waals surface area contributed by atoms with Gasteiger partial charge in [0, 0.05) is 24.2 Å². The maximum atomic E-state index is 13.3. The lowest BCUT2D eigenvalue weighted by Gasteiger charge is -2.38. The van der Waals surface area contributed by atoms with Crippen LogP contribution in [0.25, 0.3) is 0 Å². The molecule has 112 valence electrons. The molecular weight excluding hydrogens is 287 g/mol. The Kier molecular flexibility index (Phi) is 4.84. The number of anilines is 1. The van der Waals surface area contributed by atoms with Gasteiger partial charge in [-0.15, -0.1) is 11.6 Å². The van der Waals surface area contributed by atoms with Crippen LogP contribution in [0.4, 0.5) is 18.9 Å². The molecule has 1 nitrogen and oxygen atoms in total. The highest BCUT2D eigenvalue weighted by Crippen LogP contribution is 2.39. The summed E-state index contributed by atoms with van der Waals surface area (Å²) in [5.74, 6) is 0.0978. The fraction of sp³-hybridized carbons (Fsp3) is 0.600. The molecule has 1 aromatic rings. The predicted molar refractivity (Wildman–Crippen MR) is 76.3 cm³/mol. The van der Waals surface area contributed by atoms with Crippen LogP contribution in [0.1, 0.15) is 43.7 Å². The fourth-order valence-corrected chi connectivity index (χ4v) is 3.05. The molecule has 1 atom stereocenters. The van der Waals surface area contributed by atoms with Crippen LogP contribution in [0.3, 0.4) is 0 Å². The van der Waals surface area contributed by atoms with Crippen LogP contribution in [0, 0.1) is 0 Å².